The molecule has 2 rings (SSSR count). The zero-order valence-electron chi connectivity index (χ0n) is 12.8. The van der Waals surface area contributed by atoms with Crippen LogP contribution in [0.2, 0.25) is 0 Å². The molecule has 1 heterocycles. The Labute approximate surface area is 127 Å². The molecule has 0 radical (unpaired) electrons. The second-order valence-corrected chi connectivity index (χ2v) is 7.72. The summed E-state index contributed by atoms with van der Waals surface area (Å²) in [6.45, 7) is 4.57. The van der Waals surface area contributed by atoms with E-state index in [1.165, 1.54) is 4.31 Å². The third-order valence-electron chi connectivity index (χ3n) is 4.31. The van der Waals surface area contributed by atoms with Gasteiger partial charge in [0.25, 0.3) is 0 Å². The van der Waals surface area contributed by atoms with Crippen LogP contribution in [0.4, 0.5) is 0 Å². The SMILES string of the molecule is CNC(C)c1cccc(S(=O)(=O)N2CCC(C)C(O)C2)c1. The van der Waals surface area contributed by atoms with Gasteiger partial charge in [0, 0.05) is 19.1 Å². The van der Waals surface area contributed by atoms with Gasteiger partial charge in [-0.2, -0.15) is 4.31 Å². The van der Waals surface area contributed by atoms with E-state index in [0.717, 1.165) is 5.56 Å². The van der Waals surface area contributed by atoms with Crippen LogP contribution >= 0.6 is 0 Å². The number of aliphatic hydroxyl groups excluding tert-OH is 1. The summed E-state index contributed by atoms with van der Waals surface area (Å²) in [5.74, 6) is 0.145. The van der Waals surface area contributed by atoms with Gasteiger partial charge in [-0.25, -0.2) is 8.42 Å². The van der Waals surface area contributed by atoms with Gasteiger partial charge in [-0.05, 0) is 44.0 Å². The van der Waals surface area contributed by atoms with Crippen molar-refractivity contribution in [3.8, 4) is 0 Å². The molecule has 21 heavy (non-hydrogen) atoms. The lowest BCUT2D eigenvalue weighted by Crippen LogP contribution is -2.45. The number of aliphatic hydroxyl groups is 1. The van der Waals surface area contributed by atoms with Gasteiger partial charge >= 0.3 is 0 Å². The standard InChI is InChI=1S/C15H24N2O3S/c1-11-7-8-17(10-15(11)18)21(19,20)14-6-4-5-13(9-14)12(2)16-3/h4-6,9,11-12,15-16,18H,7-8,10H2,1-3H3. The maximum absolute atomic E-state index is 12.7. The molecule has 1 aromatic rings. The number of β-amino-alcohol motifs (C(OH)–C–C–N with tert-alkyl or cyclic N) is 1. The predicted octanol–water partition coefficient (Wildman–Crippen LogP) is 1.36. The molecule has 1 fully saturated rings. The van der Waals surface area contributed by atoms with Crippen molar-refractivity contribution in [2.24, 2.45) is 5.92 Å². The first kappa shape index (κ1) is 16.4. The zero-order valence-corrected chi connectivity index (χ0v) is 13.6. The molecule has 0 bridgehead atoms. The minimum absolute atomic E-state index is 0.0899. The van der Waals surface area contributed by atoms with Gasteiger partial charge in [-0.15, -0.1) is 0 Å². The summed E-state index contributed by atoms with van der Waals surface area (Å²) in [7, 11) is -1.70. The van der Waals surface area contributed by atoms with E-state index in [2.05, 4.69) is 5.32 Å². The summed E-state index contributed by atoms with van der Waals surface area (Å²) in [6, 6.07) is 7.09. The number of rotatable bonds is 4. The molecule has 0 aliphatic carbocycles. The molecule has 3 atom stereocenters. The highest BCUT2D eigenvalue weighted by atomic mass is 32.2. The van der Waals surface area contributed by atoms with Crippen molar-refractivity contribution in [2.45, 2.75) is 37.3 Å². The van der Waals surface area contributed by atoms with Crippen molar-refractivity contribution in [2.75, 3.05) is 20.1 Å². The van der Waals surface area contributed by atoms with Crippen LogP contribution in [0.25, 0.3) is 0 Å². The second kappa shape index (κ2) is 6.44. The summed E-state index contributed by atoms with van der Waals surface area (Å²) in [5, 5.41) is 13.0. The smallest absolute Gasteiger partial charge is 0.243 e. The Hall–Kier alpha value is -0.950. The first-order valence-corrected chi connectivity index (χ1v) is 8.75. The predicted molar refractivity (Wildman–Crippen MR) is 82.5 cm³/mol. The summed E-state index contributed by atoms with van der Waals surface area (Å²) < 4.78 is 26.8. The van der Waals surface area contributed by atoms with Crippen LogP contribution < -0.4 is 5.32 Å². The van der Waals surface area contributed by atoms with Crippen LogP contribution in [0.1, 0.15) is 31.9 Å². The van der Waals surface area contributed by atoms with E-state index in [9.17, 15) is 13.5 Å². The Kier molecular flexibility index (Phi) is 5.03. The highest BCUT2D eigenvalue weighted by Crippen LogP contribution is 2.25. The van der Waals surface area contributed by atoms with Crippen molar-refractivity contribution in [1.82, 2.24) is 9.62 Å². The molecule has 0 aromatic heterocycles. The molecule has 0 saturated carbocycles. The quantitative estimate of drug-likeness (QED) is 0.881. The monoisotopic (exact) mass is 312 g/mol. The van der Waals surface area contributed by atoms with E-state index < -0.39 is 16.1 Å². The molecule has 0 amide bonds. The van der Waals surface area contributed by atoms with Crippen molar-refractivity contribution in [3.05, 3.63) is 29.8 Å². The van der Waals surface area contributed by atoms with Crippen molar-refractivity contribution in [3.63, 3.8) is 0 Å². The molecule has 6 heteroatoms. The van der Waals surface area contributed by atoms with Gasteiger partial charge in [0.1, 0.15) is 0 Å². The first-order valence-electron chi connectivity index (χ1n) is 7.31. The average Bonchev–Trinajstić information content (AvgIpc) is 2.49. The molecule has 5 nitrogen and oxygen atoms in total. The lowest BCUT2D eigenvalue weighted by atomic mass is 9.98. The van der Waals surface area contributed by atoms with Gasteiger partial charge in [0.15, 0.2) is 0 Å². The van der Waals surface area contributed by atoms with Crippen molar-refractivity contribution < 1.29 is 13.5 Å². The largest absolute Gasteiger partial charge is 0.391 e. The Morgan fingerprint density at radius 2 is 2.14 bits per heavy atom. The highest BCUT2D eigenvalue weighted by molar-refractivity contribution is 7.89. The molecule has 2 N–H and O–H groups in total. The van der Waals surface area contributed by atoms with Crippen LogP contribution in [-0.2, 0) is 10.0 Å². The number of hydrogen-bond acceptors (Lipinski definition) is 4. The van der Waals surface area contributed by atoms with E-state index in [4.69, 9.17) is 0 Å². The Morgan fingerprint density at radius 1 is 1.43 bits per heavy atom. The molecule has 1 aliphatic heterocycles. The normalized spacial score (nSPS) is 25.7. The van der Waals surface area contributed by atoms with Crippen LogP contribution in [0, 0.1) is 5.92 Å². The second-order valence-electron chi connectivity index (χ2n) is 5.78. The molecular formula is C15H24N2O3S. The zero-order chi connectivity index (χ0) is 15.6. The topological polar surface area (TPSA) is 69.6 Å². The fourth-order valence-electron chi connectivity index (χ4n) is 2.50. The molecule has 0 spiro atoms. The Balaban J connectivity index is 2.27. The number of piperidine rings is 1. The van der Waals surface area contributed by atoms with E-state index in [1.54, 1.807) is 18.2 Å². The van der Waals surface area contributed by atoms with Gasteiger partial charge in [0.05, 0.1) is 11.0 Å². The number of sulfonamides is 1. The summed E-state index contributed by atoms with van der Waals surface area (Å²) in [4.78, 5) is 0.295. The number of nitrogens with one attached hydrogen (secondary N) is 1. The fraction of sp³-hybridized carbons (Fsp3) is 0.600. The maximum atomic E-state index is 12.7. The summed E-state index contributed by atoms with van der Waals surface area (Å²) in [5.41, 5.74) is 0.935. The van der Waals surface area contributed by atoms with Gasteiger partial charge < -0.3 is 10.4 Å². The number of benzene rings is 1. The molecule has 1 aliphatic rings. The third kappa shape index (κ3) is 3.45. The van der Waals surface area contributed by atoms with E-state index in [-0.39, 0.29) is 18.5 Å². The molecule has 3 unspecified atom stereocenters. The van der Waals surface area contributed by atoms with Gasteiger partial charge in [0.2, 0.25) is 10.0 Å². The molecular weight excluding hydrogens is 288 g/mol. The van der Waals surface area contributed by atoms with Gasteiger partial charge in [-0.3, -0.25) is 0 Å². The highest BCUT2D eigenvalue weighted by Gasteiger charge is 2.32. The summed E-state index contributed by atoms with van der Waals surface area (Å²) >= 11 is 0. The minimum Gasteiger partial charge on any atom is -0.391 e. The lowest BCUT2D eigenvalue weighted by Gasteiger charge is -2.33. The minimum atomic E-state index is -3.54. The Bertz CT molecular complexity index is 588. The lowest BCUT2D eigenvalue weighted by molar-refractivity contribution is 0.0605. The maximum Gasteiger partial charge on any atom is 0.243 e. The fourth-order valence-corrected chi connectivity index (χ4v) is 4.03. The van der Waals surface area contributed by atoms with Gasteiger partial charge in [-0.1, -0.05) is 19.1 Å². The van der Waals surface area contributed by atoms with Crippen LogP contribution in [-0.4, -0.2) is 44.1 Å². The third-order valence-corrected chi connectivity index (χ3v) is 6.17. The first-order chi connectivity index (χ1) is 9.86. The number of nitrogens with zero attached hydrogens (tertiary/aromatic N) is 1. The van der Waals surface area contributed by atoms with Crippen LogP contribution in [0.15, 0.2) is 29.2 Å². The Morgan fingerprint density at radius 3 is 2.76 bits per heavy atom. The molecule has 1 saturated heterocycles. The van der Waals surface area contributed by atoms with Crippen molar-refractivity contribution >= 4 is 10.0 Å². The molecule has 1 aromatic carbocycles. The molecule has 118 valence electrons. The van der Waals surface area contributed by atoms with E-state index in [1.807, 2.05) is 27.0 Å². The summed E-state index contributed by atoms with van der Waals surface area (Å²) in [6.07, 6.45) is 0.0976. The number of hydrogen-bond donors (Lipinski definition) is 2. The van der Waals surface area contributed by atoms with Crippen LogP contribution in [0.5, 0.6) is 0 Å². The van der Waals surface area contributed by atoms with Crippen molar-refractivity contribution in [1.29, 1.82) is 0 Å². The van der Waals surface area contributed by atoms with E-state index in [0.29, 0.717) is 17.9 Å². The average molecular weight is 312 g/mol. The van der Waals surface area contributed by atoms with Crippen LogP contribution in [0.3, 0.4) is 0 Å². The van der Waals surface area contributed by atoms with E-state index >= 15 is 0 Å².